The molecule has 20 heavy (non-hydrogen) atoms. The minimum Gasteiger partial charge on any atom is -0.268 e. The van der Waals surface area contributed by atoms with E-state index in [1.165, 1.54) is 12.1 Å². The summed E-state index contributed by atoms with van der Waals surface area (Å²) >= 11 is 10.9. The molecule has 0 spiro atoms. The van der Waals surface area contributed by atoms with Gasteiger partial charge in [0.05, 0.1) is 5.02 Å². The fraction of sp³-hybridized carbons (Fsp3) is 0. The van der Waals surface area contributed by atoms with Crippen LogP contribution in [0.3, 0.4) is 0 Å². The first kappa shape index (κ1) is 13.0. The van der Waals surface area contributed by atoms with Crippen LogP contribution in [-0.4, -0.2) is 14.8 Å². The maximum atomic E-state index is 13.6. The number of H-pyrrole nitrogens is 1. The zero-order valence-electron chi connectivity index (χ0n) is 10.2. The highest BCUT2D eigenvalue weighted by Gasteiger charge is 2.12. The Balaban J connectivity index is 2.21. The second kappa shape index (κ2) is 5.19. The van der Waals surface area contributed by atoms with Crippen LogP contribution in [0.2, 0.25) is 5.02 Å². The van der Waals surface area contributed by atoms with Gasteiger partial charge in [-0.2, -0.15) is 5.10 Å². The number of rotatable bonds is 2. The number of benzene rings is 2. The van der Waals surface area contributed by atoms with Gasteiger partial charge >= 0.3 is 0 Å². The molecule has 3 aromatic rings. The quantitative estimate of drug-likeness (QED) is 0.712. The lowest BCUT2D eigenvalue weighted by atomic mass is 10.2. The largest absolute Gasteiger partial charge is 0.268 e. The molecule has 0 amide bonds. The highest BCUT2D eigenvalue weighted by atomic mass is 35.5. The number of hydrogen-bond donors (Lipinski definition) is 1. The second-order valence-electron chi connectivity index (χ2n) is 4.15. The highest BCUT2D eigenvalue weighted by Crippen LogP contribution is 2.25. The summed E-state index contributed by atoms with van der Waals surface area (Å²) in [4.78, 5) is 0. The van der Waals surface area contributed by atoms with E-state index in [2.05, 4.69) is 10.2 Å². The molecule has 0 bridgehead atoms. The van der Waals surface area contributed by atoms with E-state index in [0.29, 0.717) is 16.2 Å². The molecule has 0 atom stereocenters. The van der Waals surface area contributed by atoms with E-state index in [1.54, 1.807) is 10.6 Å². The first-order chi connectivity index (χ1) is 9.66. The number of nitrogens with zero attached hydrogens (tertiary/aromatic N) is 2. The van der Waals surface area contributed by atoms with E-state index < -0.39 is 5.82 Å². The van der Waals surface area contributed by atoms with Crippen LogP contribution in [0.25, 0.3) is 17.1 Å². The number of aromatic amines is 1. The first-order valence-corrected chi connectivity index (χ1v) is 6.64. The molecule has 3 rings (SSSR count). The number of para-hydroxylation sites is 1. The molecule has 0 aliphatic carbocycles. The van der Waals surface area contributed by atoms with Crippen molar-refractivity contribution in [2.45, 2.75) is 0 Å². The smallest absolute Gasteiger partial charge is 0.200 e. The Hall–Kier alpha value is -1.98. The lowest BCUT2D eigenvalue weighted by Gasteiger charge is -2.07. The molecule has 0 aliphatic rings. The predicted octanol–water partition coefficient (Wildman–Crippen LogP) is 4.39. The van der Waals surface area contributed by atoms with Crippen LogP contribution in [0.5, 0.6) is 0 Å². The van der Waals surface area contributed by atoms with Gasteiger partial charge in [-0.3, -0.25) is 9.67 Å². The number of halogens is 2. The van der Waals surface area contributed by atoms with Crippen molar-refractivity contribution < 1.29 is 4.39 Å². The van der Waals surface area contributed by atoms with E-state index in [-0.39, 0.29) is 5.02 Å². The molecule has 100 valence electrons. The van der Waals surface area contributed by atoms with Crippen LogP contribution >= 0.6 is 23.8 Å². The van der Waals surface area contributed by atoms with Crippen LogP contribution in [-0.2, 0) is 0 Å². The van der Waals surface area contributed by atoms with Crippen molar-refractivity contribution in [3.8, 4) is 17.1 Å². The van der Waals surface area contributed by atoms with Gasteiger partial charge < -0.3 is 0 Å². The first-order valence-electron chi connectivity index (χ1n) is 5.85. The molecule has 6 heteroatoms. The number of nitrogens with one attached hydrogen (secondary N) is 1. The van der Waals surface area contributed by atoms with Gasteiger partial charge in [0, 0.05) is 11.3 Å². The van der Waals surface area contributed by atoms with Gasteiger partial charge in [0.15, 0.2) is 10.6 Å². The molecule has 1 aromatic heterocycles. The van der Waals surface area contributed by atoms with E-state index in [9.17, 15) is 4.39 Å². The van der Waals surface area contributed by atoms with E-state index in [1.807, 2.05) is 30.3 Å². The molecule has 0 fully saturated rings. The van der Waals surface area contributed by atoms with Crippen LogP contribution in [0, 0.1) is 10.6 Å². The standard InChI is InChI=1S/C14H9ClFN3S/c15-11-7-6-9(8-12(11)16)13-17-18-14(20)19(13)10-4-2-1-3-5-10/h1-8H,(H,18,20). The van der Waals surface area contributed by atoms with Gasteiger partial charge in [0.1, 0.15) is 5.82 Å². The van der Waals surface area contributed by atoms with Gasteiger partial charge in [-0.15, -0.1) is 0 Å². The number of hydrogen-bond acceptors (Lipinski definition) is 2. The van der Waals surface area contributed by atoms with E-state index in [4.69, 9.17) is 23.8 Å². The lowest BCUT2D eigenvalue weighted by molar-refractivity contribution is 0.628. The van der Waals surface area contributed by atoms with E-state index in [0.717, 1.165) is 5.69 Å². The Bertz CT molecular complexity index is 811. The van der Waals surface area contributed by atoms with Gasteiger partial charge in [-0.1, -0.05) is 29.8 Å². The molecule has 0 aliphatic heterocycles. The monoisotopic (exact) mass is 305 g/mol. The molecule has 0 saturated heterocycles. The number of aromatic nitrogens is 3. The molecular weight excluding hydrogens is 297 g/mol. The Morgan fingerprint density at radius 1 is 1.15 bits per heavy atom. The fourth-order valence-corrected chi connectivity index (χ4v) is 2.30. The molecule has 3 nitrogen and oxygen atoms in total. The topological polar surface area (TPSA) is 33.6 Å². The Kier molecular flexibility index (Phi) is 3.38. The van der Waals surface area contributed by atoms with Crippen LogP contribution < -0.4 is 0 Å². The van der Waals surface area contributed by atoms with Crippen molar-refractivity contribution in [2.24, 2.45) is 0 Å². The summed E-state index contributed by atoms with van der Waals surface area (Å²) in [7, 11) is 0. The summed E-state index contributed by atoms with van der Waals surface area (Å²) in [6.45, 7) is 0. The molecule has 0 unspecified atom stereocenters. The molecule has 0 radical (unpaired) electrons. The SMILES string of the molecule is Fc1cc(-c2n[nH]c(=S)n2-c2ccccc2)ccc1Cl. The van der Waals surface area contributed by atoms with Crippen molar-refractivity contribution in [2.75, 3.05) is 0 Å². The van der Waals surface area contributed by atoms with Crippen molar-refractivity contribution in [3.63, 3.8) is 0 Å². The summed E-state index contributed by atoms with van der Waals surface area (Å²) in [6, 6.07) is 14.1. The average molecular weight is 306 g/mol. The Labute approximate surface area is 124 Å². The van der Waals surface area contributed by atoms with Crippen molar-refractivity contribution in [3.05, 3.63) is 64.1 Å². The van der Waals surface area contributed by atoms with Crippen molar-refractivity contribution >= 4 is 23.8 Å². The van der Waals surface area contributed by atoms with Crippen molar-refractivity contribution in [1.29, 1.82) is 0 Å². The third-order valence-electron chi connectivity index (χ3n) is 2.86. The summed E-state index contributed by atoms with van der Waals surface area (Å²) in [5.74, 6) is 0.0504. The third kappa shape index (κ3) is 2.26. The van der Waals surface area contributed by atoms with Crippen LogP contribution in [0.1, 0.15) is 0 Å². The highest BCUT2D eigenvalue weighted by molar-refractivity contribution is 7.71. The average Bonchev–Trinajstić information content (AvgIpc) is 2.85. The second-order valence-corrected chi connectivity index (χ2v) is 4.95. The van der Waals surface area contributed by atoms with Crippen molar-refractivity contribution in [1.82, 2.24) is 14.8 Å². The van der Waals surface area contributed by atoms with Gasteiger partial charge in [-0.25, -0.2) is 4.39 Å². The molecule has 2 aromatic carbocycles. The van der Waals surface area contributed by atoms with Crippen LogP contribution in [0.15, 0.2) is 48.5 Å². The van der Waals surface area contributed by atoms with Gasteiger partial charge in [0.2, 0.25) is 0 Å². The van der Waals surface area contributed by atoms with Gasteiger partial charge in [0.25, 0.3) is 0 Å². The zero-order valence-corrected chi connectivity index (χ0v) is 11.7. The molecule has 0 saturated carbocycles. The maximum Gasteiger partial charge on any atom is 0.200 e. The minimum atomic E-state index is -0.488. The summed E-state index contributed by atoms with van der Waals surface area (Å²) in [5.41, 5.74) is 1.46. The van der Waals surface area contributed by atoms with E-state index >= 15 is 0 Å². The maximum absolute atomic E-state index is 13.6. The molecular formula is C14H9ClFN3S. The summed E-state index contributed by atoms with van der Waals surface area (Å²) < 4.78 is 15.8. The minimum absolute atomic E-state index is 0.0779. The lowest BCUT2D eigenvalue weighted by Crippen LogP contribution is -1.97. The van der Waals surface area contributed by atoms with Gasteiger partial charge in [-0.05, 0) is 42.5 Å². The fourth-order valence-electron chi connectivity index (χ4n) is 1.94. The Morgan fingerprint density at radius 2 is 1.90 bits per heavy atom. The summed E-state index contributed by atoms with van der Waals surface area (Å²) in [5, 5.41) is 6.98. The predicted molar refractivity (Wildman–Crippen MR) is 79.2 cm³/mol. The normalized spacial score (nSPS) is 10.7. The van der Waals surface area contributed by atoms with Crippen LogP contribution in [0.4, 0.5) is 4.39 Å². The summed E-state index contributed by atoms with van der Waals surface area (Å²) in [6.07, 6.45) is 0. The molecule has 1 N–H and O–H groups in total. The Morgan fingerprint density at radius 3 is 2.60 bits per heavy atom. The molecule has 1 heterocycles. The third-order valence-corrected chi connectivity index (χ3v) is 3.44. The zero-order chi connectivity index (χ0) is 14.1.